The van der Waals surface area contributed by atoms with Gasteiger partial charge in [-0.1, -0.05) is 51.3 Å². The minimum absolute atomic E-state index is 0.211. The van der Waals surface area contributed by atoms with E-state index in [2.05, 4.69) is 11.7 Å². The van der Waals surface area contributed by atoms with E-state index in [1.807, 2.05) is 0 Å². The molecule has 174 valence electrons. The van der Waals surface area contributed by atoms with E-state index in [-0.39, 0.29) is 18.1 Å². The van der Waals surface area contributed by atoms with Crippen molar-refractivity contribution < 1.29 is 41.7 Å². The Morgan fingerprint density at radius 3 is 1.77 bits per heavy atom. The van der Waals surface area contributed by atoms with Crippen molar-refractivity contribution in [2.45, 2.75) is 49.5 Å². The molecule has 0 aliphatic heterocycles. The zero-order chi connectivity index (χ0) is 23.3. The van der Waals surface area contributed by atoms with Crippen molar-refractivity contribution in [2.24, 2.45) is 5.92 Å². The van der Waals surface area contributed by atoms with E-state index < -0.39 is 44.2 Å². The Bertz CT molecular complexity index is 940. The fourth-order valence-corrected chi connectivity index (χ4v) is 4.57. The van der Waals surface area contributed by atoms with Gasteiger partial charge in [0.05, 0.1) is 5.56 Å². The minimum atomic E-state index is -10.7. The third kappa shape index (κ3) is 5.42. The molecule has 2 aromatic carbocycles. The zero-order valence-electron chi connectivity index (χ0n) is 16.2. The zero-order valence-corrected chi connectivity index (χ0v) is 17.0. The smallest absolute Gasteiger partial charge is 0.426 e. The number of benzene rings is 2. The molecule has 0 amide bonds. The lowest BCUT2D eigenvalue weighted by atomic mass is 9.79. The maximum Gasteiger partial charge on any atom is 0.426 e. The van der Waals surface area contributed by atoms with E-state index in [1.54, 1.807) is 0 Å². The summed E-state index contributed by atoms with van der Waals surface area (Å²) in [5.41, 5.74) is 0.127. The lowest BCUT2D eigenvalue weighted by molar-refractivity contribution is -0.185. The molecule has 1 aliphatic carbocycles. The number of alkyl halides is 2. The third-order valence-corrected chi connectivity index (χ3v) is 6.50. The number of rotatable bonds is 5. The predicted molar refractivity (Wildman–Crippen MR) is 99.1 cm³/mol. The fraction of sp³-hybridized carbons (Fsp3) is 0.400. The third-order valence-electron chi connectivity index (χ3n) is 5.34. The molecule has 0 unspecified atom stereocenters. The summed E-state index contributed by atoms with van der Waals surface area (Å²) >= 11 is 0. The van der Waals surface area contributed by atoms with E-state index >= 15 is 0 Å². The monoisotopic (exact) mass is 478 g/mol. The summed E-state index contributed by atoms with van der Waals surface area (Å²) in [5, 5.41) is 0. The molecule has 0 spiro atoms. The van der Waals surface area contributed by atoms with Gasteiger partial charge < -0.3 is 4.74 Å². The molecule has 0 saturated heterocycles. The summed E-state index contributed by atoms with van der Waals surface area (Å²) in [7, 11) is -10.7. The van der Waals surface area contributed by atoms with Crippen LogP contribution in [-0.4, -0.2) is 0 Å². The Morgan fingerprint density at radius 2 is 1.32 bits per heavy atom. The Balaban J connectivity index is 1.82. The summed E-state index contributed by atoms with van der Waals surface area (Å²) in [5.74, 6) is -6.04. The molecule has 11 heteroatoms. The average Bonchev–Trinajstić information content (AvgIpc) is 2.59. The molecule has 1 nitrogen and oxygen atoms in total. The summed E-state index contributed by atoms with van der Waals surface area (Å²) < 4.78 is 124. The van der Waals surface area contributed by atoms with Gasteiger partial charge in [0.25, 0.3) is 0 Å². The second kappa shape index (κ2) is 6.98. The van der Waals surface area contributed by atoms with E-state index in [1.165, 1.54) is 12.1 Å². The van der Waals surface area contributed by atoms with E-state index in [0.717, 1.165) is 43.4 Å². The molecule has 0 bridgehead atoms. The highest BCUT2D eigenvalue weighted by atomic mass is 32.5. The highest BCUT2D eigenvalue weighted by Gasteiger charge is 2.69. The second-order valence-corrected chi connectivity index (χ2v) is 10.2. The van der Waals surface area contributed by atoms with Crippen molar-refractivity contribution >= 4 is 10.2 Å². The van der Waals surface area contributed by atoms with Gasteiger partial charge in [0.15, 0.2) is 16.5 Å². The van der Waals surface area contributed by atoms with Crippen molar-refractivity contribution in [1.82, 2.24) is 0 Å². The van der Waals surface area contributed by atoms with Gasteiger partial charge in [-0.2, -0.15) is 8.78 Å². The van der Waals surface area contributed by atoms with Crippen LogP contribution in [0.2, 0.25) is 0 Å². The average molecular weight is 478 g/mol. The van der Waals surface area contributed by atoms with Gasteiger partial charge in [-0.3, -0.25) is 0 Å². The Morgan fingerprint density at radius 1 is 0.839 bits per heavy atom. The first kappa shape index (κ1) is 23.6. The molecule has 3 rings (SSSR count). The summed E-state index contributed by atoms with van der Waals surface area (Å²) in [4.78, 5) is -3.40. The molecule has 0 heterocycles. The number of hydrogen-bond donors (Lipinski definition) is 0. The molecule has 1 fully saturated rings. The van der Waals surface area contributed by atoms with Crippen LogP contribution >= 0.6 is 10.2 Å². The summed E-state index contributed by atoms with van der Waals surface area (Å²) in [6, 6.07) is 4.33. The summed E-state index contributed by atoms with van der Waals surface area (Å²) in [6.07, 6.45) is -0.334. The van der Waals surface area contributed by atoms with Crippen LogP contribution in [-0.2, 0) is 6.11 Å². The molecular formula is C20H19F9OS. The number of ether oxygens (including phenoxy) is 1. The molecule has 2 aromatic rings. The molecule has 1 saturated carbocycles. The number of hydrogen-bond acceptors (Lipinski definition) is 1. The van der Waals surface area contributed by atoms with Gasteiger partial charge in [0.2, 0.25) is 0 Å². The first-order chi connectivity index (χ1) is 14.0. The van der Waals surface area contributed by atoms with Crippen LogP contribution in [0.3, 0.4) is 0 Å². The van der Waals surface area contributed by atoms with Crippen molar-refractivity contribution in [3.8, 4) is 5.75 Å². The first-order valence-electron chi connectivity index (χ1n) is 9.36. The van der Waals surface area contributed by atoms with Crippen molar-refractivity contribution in [3.05, 3.63) is 59.2 Å². The van der Waals surface area contributed by atoms with Crippen molar-refractivity contribution in [1.29, 1.82) is 0 Å². The minimum Gasteiger partial charge on any atom is -0.429 e. The lowest BCUT2D eigenvalue weighted by Gasteiger charge is -2.40. The molecule has 0 aromatic heterocycles. The van der Waals surface area contributed by atoms with Gasteiger partial charge in [-0.25, -0.2) is 8.78 Å². The van der Waals surface area contributed by atoms with Gasteiger partial charge >= 0.3 is 16.3 Å². The van der Waals surface area contributed by atoms with Crippen LogP contribution in [0.5, 0.6) is 5.75 Å². The molecule has 0 atom stereocenters. The number of halogens is 9. The van der Waals surface area contributed by atoms with Gasteiger partial charge in [0.1, 0.15) is 5.75 Å². The van der Waals surface area contributed by atoms with Crippen LogP contribution in [0.25, 0.3) is 0 Å². The van der Waals surface area contributed by atoms with E-state index in [0.29, 0.717) is 5.92 Å². The Hall–Kier alpha value is -2.04. The SMILES string of the molecule is CC1CCC(c2ccc(C(F)(F)Oc3cc(F)c(S(F)(F)(F)(F)F)c(F)c3)cc2)CC1. The maximum absolute atomic E-state index is 14.4. The normalized spacial score (nSPS) is 22.5. The van der Waals surface area contributed by atoms with Gasteiger partial charge in [-0.15, -0.1) is 0 Å². The van der Waals surface area contributed by atoms with Crippen LogP contribution in [0, 0.1) is 17.6 Å². The molecular weight excluding hydrogens is 459 g/mol. The quantitative estimate of drug-likeness (QED) is 0.390. The van der Waals surface area contributed by atoms with Gasteiger partial charge in [-0.05, 0) is 42.4 Å². The van der Waals surface area contributed by atoms with Crippen molar-refractivity contribution in [2.75, 3.05) is 0 Å². The van der Waals surface area contributed by atoms with E-state index in [9.17, 15) is 37.0 Å². The first-order valence-corrected chi connectivity index (χ1v) is 11.3. The van der Waals surface area contributed by atoms with Crippen molar-refractivity contribution in [3.63, 3.8) is 0 Å². The second-order valence-electron chi connectivity index (χ2n) is 7.88. The highest BCUT2D eigenvalue weighted by molar-refractivity contribution is 8.45. The van der Waals surface area contributed by atoms with Gasteiger partial charge in [0, 0.05) is 12.1 Å². The molecule has 31 heavy (non-hydrogen) atoms. The highest BCUT2D eigenvalue weighted by Crippen LogP contribution is 3.02. The van der Waals surface area contributed by atoms with E-state index in [4.69, 9.17) is 0 Å². The molecule has 0 radical (unpaired) electrons. The Kier molecular flexibility index (Phi) is 5.32. The molecule has 0 N–H and O–H groups in total. The fourth-order valence-electron chi connectivity index (χ4n) is 3.71. The summed E-state index contributed by atoms with van der Waals surface area (Å²) in [6.45, 7) is 2.13. The topological polar surface area (TPSA) is 9.23 Å². The predicted octanol–water partition coefficient (Wildman–Crippen LogP) is 9.04. The van der Waals surface area contributed by atoms with Crippen LogP contribution < -0.4 is 4.74 Å². The molecule has 1 aliphatic rings. The van der Waals surface area contributed by atoms with Crippen LogP contribution in [0.15, 0.2) is 41.3 Å². The van der Waals surface area contributed by atoms with Crippen LogP contribution in [0.1, 0.15) is 49.7 Å². The standard InChI is InChI=1S/C20H19F9OS/c1-12-2-4-13(5-3-12)14-6-8-15(9-7-14)20(23,24)30-16-10-17(21)19(18(22)11-16)31(25,26,27,28)29/h6-13H,2-5H2,1H3. The maximum atomic E-state index is 14.4. The van der Waals surface area contributed by atoms with Crippen LogP contribution in [0.4, 0.5) is 37.0 Å². The Labute approximate surface area is 172 Å². The lowest BCUT2D eigenvalue weighted by Crippen LogP contribution is -2.22. The largest absolute Gasteiger partial charge is 0.429 e.